The molecule has 1 fully saturated rings. The number of nitrogens with one attached hydrogen (secondary N) is 1. The monoisotopic (exact) mass is 277 g/mol. The number of rotatable bonds is 7. The van der Waals surface area contributed by atoms with Gasteiger partial charge in [0, 0.05) is 13.0 Å². The second-order valence-corrected chi connectivity index (χ2v) is 5.27. The van der Waals surface area contributed by atoms with Gasteiger partial charge in [-0.05, 0) is 36.5 Å². The zero-order chi connectivity index (χ0) is 14.4. The van der Waals surface area contributed by atoms with Gasteiger partial charge in [0.05, 0.1) is 13.7 Å². The van der Waals surface area contributed by atoms with E-state index >= 15 is 0 Å². The molecule has 1 saturated heterocycles. The summed E-state index contributed by atoms with van der Waals surface area (Å²) in [5, 5.41) is 2.87. The van der Waals surface area contributed by atoms with Crippen LogP contribution >= 0.6 is 0 Å². The number of amides is 1. The summed E-state index contributed by atoms with van der Waals surface area (Å²) in [5.41, 5.74) is 1.19. The highest BCUT2D eigenvalue weighted by Gasteiger charge is 2.21. The van der Waals surface area contributed by atoms with Crippen LogP contribution in [0, 0.1) is 5.92 Å². The molecule has 4 heteroatoms. The van der Waals surface area contributed by atoms with E-state index < -0.39 is 0 Å². The summed E-state index contributed by atoms with van der Waals surface area (Å²) in [4.78, 5) is 11.2. The maximum atomic E-state index is 11.2. The Balaban J connectivity index is 2.02. The number of hydrogen-bond donors (Lipinski definition) is 1. The van der Waals surface area contributed by atoms with Crippen LogP contribution in [0.4, 0.5) is 0 Å². The van der Waals surface area contributed by atoms with Crippen molar-refractivity contribution in [3.05, 3.63) is 23.8 Å². The zero-order valence-corrected chi connectivity index (χ0v) is 12.3. The first-order valence-electron chi connectivity index (χ1n) is 7.29. The fraction of sp³-hybridized carbons (Fsp3) is 0.562. The number of ether oxygens (including phenoxy) is 2. The number of hydrogen-bond acceptors (Lipinski definition) is 3. The molecule has 1 unspecified atom stereocenters. The third kappa shape index (κ3) is 3.89. The van der Waals surface area contributed by atoms with Gasteiger partial charge in [-0.3, -0.25) is 4.79 Å². The Kier molecular flexibility index (Phi) is 5.27. The smallest absolute Gasteiger partial charge is 0.220 e. The SMILES string of the molecule is CCCCOc1cc(CC2CNC(=O)C2)ccc1OC. The molecule has 1 aromatic rings. The van der Waals surface area contributed by atoms with E-state index in [-0.39, 0.29) is 5.91 Å². The van der Waals surface area contributed by atoms with Crippen molar-refractivity contribution in [3.63, 3.8) is 0 Å². The van der Waals surface area contributed by atoms with Gasteiger partial charge in [-0.2, -0.15) is 0 Å². The predicted molar refractivity (Wildman–Crippen MR) is 78.2 cm³/mol. The van der Waals surface area contributed by atoms with Gasteiger partial charge in [-0.15, -0.1) is 0 Å². The second kappa shape index (κ2) is 7.17. The van der Waals surface area contributed by atoms with Crippen molar-refractivity contribution in [2.45, 2.75) is 32.6 Å². The van der Waals surface area contributed by atoms with Crippen molar-refractivity contribution in [1.82, 2.24) is 5.32 Å². The minimum Gasteiger partial charge on any atom is -0.493 e. The average Bonchev–Trinajstić information content (AvgIpc) is 2.85. The number of methoxy groups -OCH3 is 1. The van der Waals surface area contributed by atoms with Crippen molar-refractivity contribution in [3.8, 4) is 11.5 Å². The Morgan fingerprint density at radius 3 is 2.85 bits per heavy atom. The Bertz CT molecular complexity index is 459. The quantitative estimate of drug-likeness (QED) is 0.779. The lowest BCUT2D eigenvalue weighted by Crippen LogP contribution is -2.14. The van der Waals surface area contributed by atoms with Crippen LogP contribution in [0.3, 0.4) is 0 Å². The molecular weight excluding hydrogens is 254 g/mol. The Labute approximate surface area is 120 Å². The molecule has 1 aromatic carbocycles. The lowest BCUT2D eigenvalue weighted by atomic mass is 9.98. The molecule has 1 heterocycles. The number of benzene rings is 1. The van der Waals surface area contributed by atoms with Crippen molar-refractivity contribution >= 4 is 5.91 Å². The summed E-state index contributed by atoms with van der Waals surface area (Å²) in [5.74, 6) is 2.11. The van der Waals surface area contributed by atoms with Crippen LogP contribution in [0.25, 0.3) is 0 Å². The van der Waals surface area contributed by atoms with Crippen LogP contribution in [-0.4, -0.2) is 26.2 Å². The summed E-state index contributed by atoms with van der Waals surface area (Å²) in [6.45, 7) is 3.62. The molecule has 1 atom stereocenters. The first-order valence-corrected chi connectivity index (χ1v) is 7.29. The molecule has 0 radical (unpaired) electrons. The van der Waals surface area contributed by atoms with E-state index in [9.17, 15) is 4.79 Å². The Hall–Kier alpha value is -1.71. The average molecular weight is 277 g/mol. The first-order chi connectivity index (χ1) is 9.72. The second-order valence-electron chi connectivity index (χ2n) is 5.27. The molecule has 20 heavy (non-hydrogen) atoms. The number of carbonyl (C=O) groups excluding carboxylic acids is 1. The fourth-order valence-corrected chi connectivity index (χ4v) is 2.43. The highest BCUT2D eigenvalue weighted by atomic mass is 16.5. The maximum absolute atomic E-state index is 11.2. The fourth-order valence-electron chi connectivity index (χ4n) is 2.43. The lowest BCUT2D eigenvalue weighted by molar-refractivity contribution is -0.119. The molecule has 1 amide bonds. The normalized spacial score (nSPS) is 17.9. The highest BCUT2D eigenvalue weighted by molar-refractivity contribution is 5.78. The minimum absolute atomic E-state index is 0.155. The molecule has 1 N–H and O–H groups in total. The van der Waals surface area contributed by atoms with E-state index in [1.807, 2.05) is 18.2 Å². The third-order valence-corrected chi connectivity index (χ3v) is 3.57. The van der Waals surface area contributed by atoms with E-state index in [1.54, 1.807) is 7.11 Å². The van der Waals surface area contributed by atoms with Crippen molar-refractivity contribution in [1.29, 1.82) is 0 Å². The standard InChI is InChI=1S/C16H23NO3/c1-3-4-7-20-15-9-12(5-6-14(15)19-2)8-13-10-16(18)17-11-13/h5-6,9,13H,3-4,7-8,10-11H2,1-2H3,(H,17,18). The van der Waals surface area contributed by atoms with Gasteiger partial charge in [0.15, 0.2) is 11.5 Å². The molecule has 2 rings (SSSR count). The molecule has 4 nitrogen and oxygen atoms in total. The summed E-state index contributed by atoms with van der Waals surface area (Å²) in [6, 6.07) is 6.03. The van der Waals surface area contributed by atoms with E-state index in [0.717, 1.165) is 37.3 Å². The van der Waals surface area contributed by atoms with Crippen LogP contribution in [0.5, 0.6) is 11.5 Å². The van der Waals surface area contributed by atoms with Gasteiger partial charge >= 0.3 is 0 Å². The summed E-state index contributed by atoms with van der Waals surface area (Å²) >= 11 is 0. The predicted octanol–water partition coefficient (Wildman–Crippen LogP) is 2.55. The lowest BCUT2D eigenvalue weighted by Gasteiger charge is -2.13. The van der Waals surface area contributed by atoms with Crippen LogP contribution in [0.15, 0.2) is 18.2 Å². The van der Waals surface area contributed by atoms with Crippen molar-refractivity contribution in [2.75, 3.05) is 20.3 Å². The van der Waals surface area contributed by atoms with Gasteiger partial charge < -0.3 is 14.8 Å². The van der Waals surface area contributed by atoms with E-state index in [4.69, 9.17) is 9.47 Å². The van der Waals surface area contributed by atoms with E-state index in [2.05, 4.69) is 12.2 Å². The minimum atomic E-state index is 0.155. The molecule has 0 spiro atoms. The van der Waals surface area contributed by atoms with Crippen LogP contribution in [-0.2, 0) is 11.2 Å². The summed E-state index contributed by atoms with van der Waals surface area (Å²) < 4.78 is 11.1. The molecule has 1 aliphatic rings. The molecule has 1 aliphatic heterocycles. The van der Waals surface area contributed by atoms with Gasteiger partial charge in [-0.25, -0.2) is 0 Å². The Morgan fingerprint density at radius 1 is 1.35 bits per heavy atom. The molecule has 110 valence electrons. The van der Waals surface area contributed by atoms with Crippen molar-refractivity contribution in [2.24, 2.45) is 5.92 Å². The van der Waals surface area contributed by atoms with Crippen LogP contribution in [0.1, 0.15) is 31.7 Å². The molecule has 0 saturated carbocycles. The summed E-state index contributed by atoms with van der Waals surface area (Å²) in [7, 11) is 1.65. The topological polar surface area (TPSA) is 47.6 Å². The van der Waals surface area contributed by atoms with Gasteiger partial charge in [0.1, 0.15) is 0 Å². The summed E-state index contributed by atoms with van der Waals surface area (Å²) in [6.07, 6.45) is 3.66. The molecular formula is C16H23NO3. The van der Waals surface area contributed by atoms with Gasteiger partial charge in [0.2, 0.25) is 5.91 Å². The molecule has 0 bridgehead atoms. The van der Waals surface area contributed by atoms with Gasteiger partial charge in [0.25, 0.3) is 0 Å². The van der Waals surface area contributed by atoms with Crippen molar-refractivity contribution < 1.29 is 14.3 Å². The van der Waals surface area contributed by atoms with E-state index in [0.29, 0.717) is 18.9 Å². The van der Waals surface area contributed by atoms with Gasteiger partial charge in [-0.1, -0.05) is 19.4 Å². The Morgan fingerprint density at radius 2 is 2.20 bits per heavy atom. The third-order valence-electron chi connectivity index (χ3n) is 3.57. The highest BCUT2D eigenvalue weighted by Crippen LogP contribution is 2.29. The van der Waals surface area contributed by atoms with Crippen LogP contribution in [0.2, 0.25) is 0 Å². The van der Waals surface area contributed by atoms with Crippen LogP contribution < -0.4 is 14.8 Å². The van der Waals surface area contributed by atoms with E-state index in [1.165, 1.54) is 5.56 Å². The first kappa shape index (κ1) is 14.7. The molecule has 0 aliphatic carbocycles. The number of unbranched alkanes of at least 4 members (excludes halogenated alkanes) is 1. The largest absolute Gasteiger partial charge is 0.493 e. The molecule has 0 aromatic heterocycles. The number of carbonyl (C=O) groups is 1. The maximum Gasteiger partial charge on any atom is 0.220 e. The zero-order valence-electron chi connectivity index (χ0n) is 12.3.